The Kier molecular flexibility index (Phi) is 5.46. The van der Waals surface area contributed by atoms with Crippen molar-refractivity contribution in [2.45, 2.75) is 70.5 Å². The first-order valence-electron chi connectivity index (χ1n) is 7.82. The molecule has 1 saturated heterocycles. The fourth-order valence-electron chi connectivity index (χ4n) is 3.66. The van der Waals surface area contributed by atoms with Gasteiger partial charge in [0, 0.05) is 18.1 Å². The summed E-state index contributed by atoms with van der Waals surface area (Å²) in [4.78, 5) is 0. The molecule has 1 saturated carbocycles. The molecule has 18 heavy (non-hydrogen) atoms. The molecule has 3 N–H and O–H groups in total. The number of hydrogen-bond donors (Lipinski definition) is 3. The molecule has 1 aliphatic carbocycles. The van der Waals surface area contributed by atoms with Gasteiger partial charge in [-0.2, -0.15) is 0 Å². The van der Waals surface area contributed by atoms with E-state index in [9.17, 15) is 5.11 Å². The molecule has 1 heterocycles. The molecule has 2 aliphatic rings. The summed E-state index contributed by atoms with van der Waals surface area (Å²) in [6.07, 6.45) is 8.04. The SMILES string of the molecule is CC(C)C(CO)NC1CCCCC1C1CCCN1. The predicted molar refractivity (Wildman–Crippen MR) is 75.6 cm³/mol. The van der Waals surface area contributed by atoms with Crippen LogP contribution >= 0.6 is 0 Å². The summed E-state index contributed by atoms with van der Waals surface area (Å²) in [5, 5.41) is 16.9. The lowest BCUT2D eigenvalue weighted by atomic mass is 9.78. The van der Waals surface area contributed by atoms with Gasteiger partial charge in [-0.05, 0) is 44.1 Å². The van der Waals surface area contributed by atoms with Crippen molar-refractivity contribution in [2.75, 3.05) is 13.2 Å². The van der Waals surface area contributed by atoms with Gasteiger partial charge in [0.05, 0.1) is 6.61 Å². The highest BCUT2D eigenvalue weighted by atomic mass is 16.3. The van der Waals surface area contributed by atoms with Gasteiger partial charge in [0.25, 0.3) is 0 Å². The number of aliphatic hydroxyl groups excluding tert-OH is 1. The molecular formula is C15H30N2O. The number of hydrogen-bond acceptors (Lipinski definition) is 3. The summed E-state index contributed by atoms with van der Waals surface area (Å²) in [5.74, 6) is 1.28. The van der Waals surface area contributed by atoms with Crippen LogP contribution in [-0.2, 0) is 0 Å². The molecule has 0 bridgehead atoms. The lowest BCUT2D eigenvalue weighted by molar-refractivity contribution is 0.149. The fraction of sp³-hybridized carbons (Fsp3) is 1.00. The van der Waals surface area contributed by atoms with Gasteiger partial charge in [-0.1, -0.05) is 26.7 Å². The molecule has 0 aromatic heterocycles. The van der Waals surface area contributed by atoms with Gasteiger partial charge in [-0.15, -0.1) is 0 Å². The van der Waals surface area contributed by atoms with Crippen LogP contribution in [0.25, 0.3) is 0 Å². The van der Waals surface area contributed by atoms with Gasteiger partial charge in [0.1, 0.15) is 0 Å². The Labute approximate surface area is 112 Å². The molecular weight excluding hydrogens is 224 g/mol. The first-order chi connectivity index (χ1) is 8.72. The van der Waals surface area contributed by atoms with Crippen LogP contribution in [0.5, 0.6) is 0 Å². The molecule has 0 aromatic carbocycles. The molecule has 3 heteroatoms. The monoisotopic (exact) mass is 254 g/mol. The van der Waals surface area contributed by atoms with Gasteiger partial charge in [-0.3, -0.25) is 0 Å². The summed E-state index contributed by atoms with van der Waals surface area (Å²) < 4.78 is 0. The third kappa shape index (κ3) is 3.46. The second kappa shape index (κ2) is 6.88. The van der Waals surface area contributed by atoms with E-state index in [2.05, 4.69) is 24.5 Å². The van der Waals surface area contributed by atoms with Crippen molar-refractivity contribution in [1.82, 2.24) is 10.6 Å². The van der Waals surface area contributed by atoms with E-state index in [1.165, 1.54) is 45.1 Å². The van der Waals surface area contributed by atoms with Gasteiger partial charge < -0.3 is 15.7 Å². The zero-order valence-electron chi connectivity index (χ0n) is 12.0. The first-order valence-corrected chi connectivity index (χ1v) is 7.82. The fourth-order valence-corrected chi connectivity index (χ4v) is 3.66. The van der Waals surface area contributed by atoms with E-state index in [1.807, 2.05) is 0 Å². The minimum atomic E-state index is 0.261. The number of nitrogens with one attached hydrogen (secondary N) is 2. The third-order valence-electron chi connectivity index (χ3n) is 4.86. The van der Waals surface area contributed by atoms with Crippen molar-refractivity contribution in [3.8, 4) is 0 Å². The highest BCUT2D eigenvalue weighted by Gasteiger charge is 2.34. The molecule has 1 aliphatic heterocycles. The summed E-state index contributed by atoms with van der Waals surface area (Å²) in [6.45, 7) is 5.85. The highest BCUT2D eigenvalue weighted by molar-refractivity contribution is 4.93. The van der Waals surface area contributed by atoms with E-state index in [1.54, 1.807) is 0 Å². The molecule has 4 unspecified atom stereocenters. The van der Waals surface area contributed by atoms with Crippen LogP contribution in [0.3, 0.4) is 0 Å². The smallest absolute Gasteiger partial charge is 0.0587 e. The number of rotatable bonds is 5. The molecule has 0 spiro atoms. The van der Waals surface area contributed by atoms with E-state index in [4.69, 9.17) is 0 Å². The summed E-state index contributed by atoms with van der Waals surface area (Å²) in [7, 11) is 0. The third-order valence-corrected chi connectivity index (χ3v) is 4.86. The minimum Gasteiger partial charge on any atom is -0.395 e. The standard InChI is InChI=1S/C15H30N2O/c1-11(2)15(10-18)17-14-7-4-3-6-12(14)13-8-5-9-16-13/h11-18H,3-10H2,1-2H3. The summed E-state index contributed by atoms with van der Waals surface area (Å²) in [6, 6.07) is 1.58. The Morgan fingerprint density at radius 1 is 1.17 bits per heavy atom. The molecule has 2 rings (SSSR count). The van der Waals surface area contributed by atoms with E-state index in [0.29, 0.717) is 18.0 Å². The lowest BCUT2D eigenvalue weighted by Gasteiger charge is -2.39. The Hall–Kier alpha value is -0.120. The predicted octanol–water partition coefficient (Wildman–Crippen LogP) is 1.90. The number of aliphatic hydroxyl groups is 1. The van der Waals surface area contributed by atoms with Crippen molar-refractivity contribution >= 4 is 0 Å². The Bertz CT molecular complexity index is 239. The minimum absolute atomic E-state index is 0.261. The Morgan fingerprint density at radius 3 is 2.56 bits per heavy atom. The average Bonchev–Trinajstić information content (AvgIpc) is 2.89. The second-order valence-electron chi connectivity index (χ2n) is 6.46. The first kappa shape index (κ1) is 14.3. The largest absolute Gasteiger partial charge is 0.395 e. The van der Waals surface area contributed by atoms with Crippen LogP contribution in [-0.4, -0.2) is 36.4 Å². The van der Waals surface area contributed by atoms with Crippen molar-refractivity contribution in [1.29, 1.82) is 0 Å². The van der Waals surface area contributed by atoms with Crippen LogP contribution in [0.4, 0.5) is 0 Å². The quantitative estimate of drug-likeness (QED) is 0.702. The van der Waals surface area contributed by atoms with E-state index < -0.39 is 0 Å². The van der Waals surface area contributed by atoms with E-state index >= 15 is 0 Å². The maximum atomic E-state index is 9.50. The Balaban J connectivity index is 1.94. The maximum absolute atomic E-state index is 9.50. The van der Waals surface area contributed by atoms with Crippen molar-refractivity contribution in [2.24, 2.45) is 11.8 Å². The Morgan fingerprint density at radius 2 is 1.94 bits per heavy atom. The van der Waals surface area contributed by atoms with Gasteiger partial charge in [0.15, 0.2) is 0 Å². The van der Waals surface area contributed by atoms with Gasteiger partial charge >= 0.3 is 0 Å². The maximum Gasteiger partial charge on any atom is 0.0587 e. The molecule has 0 aromatic rings. The molecule has 0 radical (unpaired) electrons. The van der Waals surface area contributed by atoms with Gasteiger partial charge in [0.2, 0.25) is 0 Å². The molecule has 106 valence electrons. The zero-order valence-corrected chi connectivity index (χ0v) is 12.0. The van der Waals surface area contributed by atoms with Crippen LogP contribution in [0.1, 0.15) is 52.4 Å². The van der Waals surface area contributed by atoms with Crippen LogP contribution < -0.4 is 10.6 Å². The molecule has 4 atom stereocenters. The highest BCUT2D eigenvalue weighted by Crippen LogP contribution is 2.31. The lowest BCUT2D eigenvalue weighted by Crippen LogP contribution is -2.52. The molecule has 0 amide bonds. The van der Waals surface area contributed by atoms with E-state index in [0.717, 1.165) is 5.92 Å². The average molecular weight is 254 g/mol. The van der Waals surface area contributed by atoms with Gasteiger partial charge in [-0.25, -0.2) is 0 Å². The topological polar surface area (TPSA) is 44.3 Å². The van der Waals surface area contributed by atoms with Crippen LogP contribution in [0, 0.1) is 11.8 Å². The van der Waals surface area contributed by atoms with Crippen molar-refractivity contribution < 1.29 is 5.11 Å². The molecule has 3 nitrogen and oxygen atoms in total. The van der Waals surface area contributed by atoms with Crippen LogP contribution in [0.15, 0.2) is 0 Å². The normalized spacial score (nSPS) is 35.0. The van der Waals surface area contributed by atoms with Crippen LogP contribution in [0.2, 0.25) is 0 Å². The van der Waals surface area contributed by atoms with Crippen molar-refractivity contribution in [3.05, 3.63) is 0 Å². The summed E-state index contributed by atoms with van der Waals surface area (Å²) in [5.41, 5.74) is 0. The van der Waals surface area contributed by atoms with Crippen molar-refractivity contribution in [3.63, 3.8) is 0 Å². The zero-order chi connectivity index (χ0) is 13.0. The van der Waals surface area contributed by atoms with E-state index in [-0.39, 0.29) is 12.6 Å². The second-order valence-corrected chi connectivity index (χ2v) is 6.46. The molecule has 2 fully saturated rings. The summed E-state index contributed by atoms with van der Waals surface area (Å²) >= 11 is 0.